The van der Waals surface area contributed by atoms with E-state index in [0.717, 1.165) is 12.1 Å². The van der Waals surface area contributed by atoms with Crippen molar-refractivity contribution in [2.24, 2.45) is 0 Å². The van der Waals surface area contributed by atoms with Gasteiger partial charge in [-0.25, -0.2) is 8.78 Å². The monoisotopic (exact) mass is 283 g/mol. The van der Waals surface area contributed by atoms with Crippen LogP contribution in [0.3, 0.4) is 0 Å². The van der Waals surface area contributed by atoms with Crippen molar-refractivity contribution in [2.75, 3.05) is 5.32 Å². The van der Waals surface area contributed by atoms with Crippen LogP contribution in [0.2, 0.25) is 0 Å². The Kier molecular flexibility index (Phi) is 4.15. The number of hydrogen-bond donors (Lipinski definition) is 1. The van der Waals surface area contributed by atoms with Crippen LogP contribution in [0.25, 0.3) is 0 Å². The summed E-state index contributed by atoms with van der Waals surface area (Å²) in [6, 6.07) is 12.0. The van der Waals surface area contributed by atoms with Crippen molar-refractivity contribution >= 4 is 5.69 Å². The maximum atomic E-state index is 13.2. The van der Waals surface area contributed by atoms with Gasteiger partial charge in [-0.3, -0.25) is 0 Å². The molecule has 0 bridgehead atoms. The number of halogens is 2. The first kappa shape index (κ1) is 14.5. The first-order valence-corrected chi connectivity index (χ1v) is 6.21. The predicted molar refractivity (Wildman–Crippen MR) is 74.3 cm³/mol. The number of nitrogens with one attached hydrogen (secondary N) is 1. The number of nitriles is 2. The summed E-state index contributed by atoms with van der Waals surface area (Å²) in [6.45, 7) is 1.79. The van der Waals surface area contributed by atoms with Gasteiger partial charge in [0.1, 0.15) is 12.1 Å². The topological polar surface area (TPSA) is 59.6 Å². The van der Waals surface area contributed by atoms with E-state index in [9.17, 15) is 8.78 Å². The molecule has 0 heterocycles. The molecule has 3 nitrogen and oxygen atoms in total. The van der Waals surface area contributed by atoms with E-state index in [1.54, 1.807) is 25.1 Å². The van der Waals surface area contributed by atoms with Gasteiger partial charge in [0.15, 0.2) is 11.6 Å². The fraction of sp³-hybridized carbons (Fsp3) is 0.125. The van der Waals surface area contributed by atoms with E-state index in [0.29, 0.717) is 16.8 Å². The summed E-state index contributed by atoms with van der Waals surface area (Å²) < 4.78 is 26.1. The molecule has 0 aliphatic carbocycles. The lowest BCUT2D eigenvalue weighted by Crippen LogP contribution is -2.07. The quantitative estimate of drug-likeness (QED) is 0.929. The van der Waals surface area contributed by atoms with Gasteiger partial charge >= 0.3 is 0 Å². The van der Waals surface area contributed by atoms with Crippen LogP contribution >= 0.6 is 0 Å². The summed E-state index contributed by atoms with van der Waals surface area (Å²) in [5.74, 6) is -1.80. The molecular formula is C16H11F2N3. The summed E-state index contributed by atoms with van der Waals surface area (Å²) in [6.07, 6.45) is 0. The van der Waals surface area contributed by atoms with Gasteiger partial charge in [-0.1, -0.05) is 6.07 Å². The highest BCUT2D eigenvalue weighted by Gasteiger charge is 2.10. The zero-order valence-corrected chi connectivity index (χ0v) is 11.2. The molecule has 0 amide bonds. The van der Waals surface area contributed by atoms with Gasteiger partial charge in [0, 0.05) is 11.7 Å². The highest BCUT2D eigenvalue weighted by molar-refractivity contribution is 5.57. The van der Waals surface area contributed by atoms with Crippen LogP contribution in [0.1, 0.15) is 29.7 Å². The van der Waals surface area contributed by atoms with Gasteiger partial charge in [0.2, 0.25) is 0 Å². The highest BCUT2D eigenvalue weighted by Crippen LogP contribution is 2.22. The van der Waals surface area contributed by atoms with Crippen LogP contribution in [0.5, 0.6) is 0 Å². The van der Waals surface area contributed by atoms with Gasteiger partial charge < -0.3 is 5.32 Å². The Labute approximate surface area is 121 Å². The molecule has 2 aromatic carbocycles. The second-order valence-electron chi connectivity index (χ2n) is 4.52. The Morgan fingerprint density at radius 2 is 1.67 bits per heavy atom. The first-order chi connectivity index (χ1) is 10.0. The normalized spacial score (nSPS) is 11.3. The fourth-order valence-corrected chi connectivity index (χ4v) is 1.94. The number of nitrogens with zero attached hydrogens (tertiary/aromatic N) is 2. The third-order valence-corrected chi connectivity index (χ3v) is 3.09. The van der Waals surface area contributed by atoms with E-state index in [2.05, 4.69) is 5.32 Å². The Morgan fingerprint density at radius 3 is 2.29 bits per heavy atom. The summed E-state index contributed by atoms with van der Waals surface area (Å²) in [4.78, 5) is 0. The first-order valence-electron chi connectivity index (χ1n) is 6.21. The van der Waals surface area contributed by atoms with Crippen LogP contribution < -0.4 is 5.32 Å². The van der Waals surface area contributed by atoms with Crippen LogP contribution in [-0.2, 0) is 0 Å². The molecule has 0 fully saturated rings. The van der Waals surface area contributed by atoms with Crippen molar-refractivity contribution < 1.29 is 8.78 Å². The van der Waals surface area contributed by atoms with E-state index in [1.165, 1.54) is 6.07 Å². The lowest BCUT2D eigenvalue weighted by molar-refractivity contribution is 0.506. The van der Waals surface area contributed by atoms with Crippen LogP contribution in [-0.4, -0.2) is 0 Å². The molecule has 1 atom stereocenters. The second-order valence-corrected chi connectivity index (χ2v) is 4.52. The Hall–Kier alpha value is -2.92. The SMILES string of the molecule is CC(Nc1ccc(C#N)c(C#N)c1)c1ccc(F)c(F)c1. The van der Waals surface area contributed by atoms with E-state index in [-0.39, 0.29) is 11.6 Å². The largest absolute Gasteiger partial charge is 0.378 e. The van der Waals surface area contributed by atoms with Crippen molar-refractivity contribution in [3.8, 4) is 12.1 Å². The van der Waals surface area contributed by atoms with Crippen molar-refractivity contribution in [1.29, 1.82) is 10.5 Å². The van der Waals surface area contributed by atoms with Crippen molar-refractivity contribution in [1.82, 2.24) is 0 Å². The predicted octanol–water partition coefficient (Wildman–Crippen LogP) is 3.88. The molecular weight excluding hydrogens is 272 g/mol. The molecule has 0 aromatic heterocycles. The molecule has 1 N–H and O–H groups in total. The second kappa shape index (κ2) is 6.02. The van der Waals surface area contributed by atoms with Crippen LogP contribution in [0.4, 0.5) is 14.5 Å². The van der Waals surface area contributed by atoms with E-state index in [4.69, 9.17) is 10.5 Å². The highest BCUT2D eigenvalue weighted by atomic mass is 19.2. The number of hydrogen-bond acceptors (Lipinski definition) is 3. The molecule has 0 aliphatic rings. The molecule has 0 saturated heterocycles. The van der Waals surface area contributed by atoms with Crippen LogP contribution in [0.15, 0.2) is 36.4 Å². The maximum absolute atomic E-state index is 13.2. The molecule has 1 unspecified atom stereocenters. The lowest BCUT2D eigenvalue weighted by atomic mass is 10.1. The average molecular weight is 283 g/mol. The van der Waals surface area contributed by atoms with Crippen molar-refractivity contribution in [2.45, 2.75) is 13.0 Å². The summed E-state index contributed by atoms with van der Waals surface area (Å²) in [7, 11) is 0. The van der Waals surface area contributed by atoms with Crippen LogP contribution in [0, 0.1) is 34.3 Å². The maximum Gasteiger partial charge on any atom is 0.159 e. The standard InChI is InChI=1S/C16H11F2N3/c1-10(11-3-5-15(17)16(18)7-11)21-14-4-2-12(8-19)13(6-14)9-20/h2-7,10,21H,1H3. The summed E-state index contributed by atoms with van der Waals surface area (Å²) >= 11 is 0. The Balaban J connectivity index is 2.23. The Morgan fingerprint density at radius 1 is 0.952 bits per heavy atom. The van der Waals surface area contributed by atoms with Gasteiger partial charge in [-0.15, -0.1) is 0 Å². The molecule has 0 saturated carbocycles. The van der Waals surface area contributed by atoms with Gasteiger partial charge in [-0.05, 0) is 42.8 Å². The minimum Gasteiger partial charge on any atom is -0.378 e. The van der Waals surface area contributed by atoms with E-state index >= 15 is 0 Å². The Bertz CT molecular complexity index is 757. The van der Waals surface area contributed by atoms with E-state index in [1.807, 2.05) is 12.1 Å². The van der Waals surface area contributed by atoms with E-state index < -0.39 is 11.6 Å². The third-order valence-electron chi connectivity index (χ3n) is 3.09. The molecule has 0 spiro atoms. The molecule has 104 valence electrons. The summed E-state index contributed by atoms with van der Waals surface area (Å²) in [5.41, 5.74) is 1.77. The zero-order valence-electron chi connectivity index (χ0n) is 11.2. The number of benzene rings is 2. The van der Waals surface area contributed by atoms with Crippen molar-refractivity contribution in [3.63, 3.8) is 0 Å². The zero-order chi connectivity index (χ0) is 15.4. The molecule has 21 heavy (non-hydrogen) atoms. The third kappa shape index (κ3) is 3.16. The molecule has 0 aliphatic heterocycles. The van der Waals surface area contributed by atoms with Gasteiger partial charge in [0.05, 0.1) is 11.1 Å². The van der Waals surface area contributed by atoms with Gasteiger partial charge in [0.25, 0.3) is 0 Å². The van der Waals surface area contributed by atoms with Gasteiger partial charge in [-0.2, -0.15) is 10.5 Å². The molecule has 2 rings (SSSR count). The molecule has 2 aromatic rings. The van der Waals surface area contributed by atoms with Crippen molar-refractivity contribution in [3.05, 3.63) is 64.7 Å². The molecule has 5 heteroatoms. The summed E-state index contributed by atoms with van der Waals surface area (Å²) in [5, 5.41) is 20.9. The average Bonchev–Trinajstić information content (AvgIpc) is 2.49. The number of anilines is 1. The molecule has 0 radical (unpaired) electrons. The fourth-order valence-electron chi connectivity index (χ4n) is 1.94. The smallest absolute Gasteiger partial charge is 0.159 e. The minimum absolute atomic E-state index is 0.264. The lowest BCUT2D eigenvalue weighted by Gasteiger charge is -2.16. The minimum atomic E-state index is -0.904. The number of rotatable bonds is 3.